The van der Waals surface area contributed by atoms with E-state index >= 15 is 0 Å². The van der Waals surface area contributed by atoms with Crippen molar-refractivity contribution in [3.05, 3.63) is 89.5 Å². The van der Waals surface area contributed by atoms with E-state index in [1.165, 1.54) is 23.1 Å². The molecule has 0 aromatic heterocycles. The molecule has 4 heteroatoms. The first kappa shape index (κ1) is 35.0. The molecular formula is C36H54O4. The SMILES string of the molecule is CCC(C)c1ccc(O)cc1.CCOC(C)Oc1ccc(C(C)CC)cc1.CCOc1ccc(C(C)CC)cc1. The third-order valence-corrected chi connectivity index (χ3v) is 7.21. The summed E-state index contributed by atoms with van der Waals surface area (Å²) >= 11 is 0. The van der Waals surface area contributed by atoms with Crippen molar-refractivity contribution in [2.75, 3.05) is 13.2 Å². The zero-order valence-corrected chi connectivity index (χ0v) is 26.4. The number of phenols is 1. The summed E-state index contributed by atoms with van der Waals surface area (Å²) in [6.07, 6.45) is 3.31. The first-order valence-electron chi connectivity index (χ1n) is 15.1. The molecule has 4 nitrogen and oxygen atoms in total. The molecule has 4 unspecified atom stereocenters. The predicted octanol–water partition coefficient (Wildman–Crippen LogP) is 10.5. The van der Waals surface area contributed by atoms with Crippen molar-refractivity contribution in [3.63, 3.8) is 0 Å². The van der Waals surface area contributed by atoms with Crippen molar-refractivity contribution >= 4 is 0 Å². The Labute approximate surface area is 244 Å². The van der Waals surface area contributed by atoms with Crippen LogP contribution in [0.15, 0.2) is 72.8 Å². The second-order valence-corrected chi connectivity index (χ2v) is 10.2. The van der Waals surface area contributed by atoms with Crippen molar-refractivity contribution in [3.8, 4) is 17.2 Å². The summed E-state index contributed by atoms with van der Waals surface area (Å²) in [6.45, 7) is 20.5. The molecule has 3 aromatic rings. The lowest BCUT2D eigenvalue weighted by molar-refractivity contribution is -0.0613. The Kier molecular flexibility index (Phi) is 17.5. The van der Waals surface area contributed by atoms with Gasteiger partial charge in [0.05, 0.1) is 6.61 Å². The smallest absolute Gasteiger partial charge is 0.196 e. The van der Waals surface area contributed by atoms with Crippen molar-refractivity contribution < 1.29 is 19.3 Å². The number of rotatable bonds is 12. The van der Waals surface area contributed by atoms with E-state index in [2.05, 4.69) is 65.8 Å². The van der Waals surface area contributed by atoms with Crippen molar-refractivity contribution in [2.45, 2.75) is 106 Å². The van der Waals surface area contributed by atoms with Crippen molar-refractivity contribution in [2.24, 2.45) is 0 Å². The quantitative estimate of drug-likeness (QED) is 0.228. The topological polar surface area (TPSA) is 47.9 Å². The molecular weight excluding hydrogens is 496 g/mol. The summed E-state index contributed by atoms with van der Waals surface area (Å²) in [7, 11) is 0. The van der Waals surface area contributed by atoms with Gasteiger partial charge in [-0.2, -0.15) is 0 Å². The van der Waals surface area contributed by atoms with Crippen LogP contribution in [-0.2, 0) is 4.74 Å². The van der Waals surface area contributed by atoms with Gasteiger partial charge in [-0.05, 0) is 111 Å². The number of aromatic hydroxyl groups is 1. The number of phenolic OH excluding ortho intramolecular Hbond substituents is 1. The first-order chi connectivity index (χ1) is 19.2. The Morgan fingerprint density at radius 3 is 1.25 bits per heavy atom. The van der Waals surface area contributed by atoms with E-state index in [0.717, 1.165) is 30.9 Å². The van der Waals surface area contributed by atoms with E-state index < -0.39 is 0 Å². The minimum absolute atomic E-state index is 0.181. The maximum Gasteiger partial charge on any atom is 0.196 e. The summed E-state index contributed by atoms with van der Waals surface area (Å²) in [5, 5.41) is 9.01. The van der Waals surface area contributed by atoms with Crippen LogP contribution >= 0.6 is 0 Å². The molecule has 0 aliphatic rings. The van der Waals surface area contributed by atoms with Crippen LogP contribution in [0.25, 0.3) is 0 Å². The average Bonchev–Trinajstić information content (AvgIpc) is 2.98. The van der Waals surface area contributed by atoms with Crippen LogP contribution in [0.1, 0.15) is 116 Å². The van der Waals surface area contributed by atoms with Gasteiger partial charge in [0.25, 0.3) is 0 Å². The zero-order chi connectivity index (χ0) is 29.9. The van der Waals surface area contributed by atoms with E-state index in [4.69, 9.17) is 19.3 Å². The monoisotopic (exact) mass is 550 g/mol. The van der Waals surface area contributed by atoms with Crippen molar-refractivity contribution in [1.29, 1.82) is 0 Å². The average molecular weight is 551 g/mol. The van der Waals surface area contributed by atoms with E-state index in [0.29, 0.717) is 30.1 Å². The van der Waals surface area contributed by atoms with Crippen LogP contribution < -0.4 is 9.47 Å². The number of ether oxygens (including phenoxy) is 3. The second kappa shape index (κ2) is 20.0. The molecule has 0 saturated carbocycles. The van der Waals surface area contributed by atoms with E-state index in [1.54, 1.807) is 12.1 Å². The molecule has 0 amide bonds. The summed E-state index contributed by atoms with van der Waals surface area (Å²) < 4.78 is 16.3. The van der Waals surface area contributed by atoms with Gasteiger partial charge in [-0.1, -0.05) is 77.9 Å². The largest absolute Gasteiger partial charge is 0.508 e. The molecule has 0 radical (unpaired) electrons. The van der Waals surface area contributed by atoms with Crippen LogP contribution in [0, 0.1) is 0 Å². The highest BCUT2D eigenvalue weighted by atomic mass is 16.7. The summed E-state index contributed by atoms with van der Waals surface area (Å²) in [5.41, 5.74) is 4.05. The highest BCUT2D eigenvalue weighted by molar-refractivity contribution is 5.30. The third kappa shape index (κ3) is 13.4. The van der Waals surface area contributed by atoms with Gasteiger partial charge < -0.3 is 19.3 Å². The van der Waals surface area contributed by atoms with Gasteiger partial charge in [-0.15, -0.1) is 0 Å². The lowest BCUT2D eigenvalue weighted by atomic mass is 9.99. The second-order valence-electron chi connectivity index (χ2n) is 10.2. The maximum atomic E-state index is 9.01. The summed E-state index contributed by atoms with van der Waals surface area (Å²) in [6, 6.07) is 24.1. The minimum atomic E-state index is -0.181. The molecule has 222 valence electrons. The molecule has 1 N–H and O–H groups in total. The molecule has 0 heterocycles. The molecule has 0 saturated heterocycles. The van der Waals surface area contributed by atoms with Gasteiger partial charge in [-0.25, -0.2) is 0 Å². The van der Waals surface area contributed by atoms with Gasteiger partial charge >= 0.3 is 0 Å². The Balaban J connectivity index is 0.000000305. The van der Waals surface area contributed by atoms with Crippen LogP contribution in [0.2, 0.25) is 0 Å². The highest BCUT2D eigenvalue weighted by Crippen LogP contribution is 2.23. The van der Waals surface area contributed by atoms with E-state index in [1.807, 2.05) is 57.2 Å². The normalized spacial score (nSPS) is 13.4. The molecule has 0 aliphatic heterocycles. The van der Waals surface area contributed by atoms with E-state index in [-0.39, 0.29) is 6.29 Å². The maximum absolute atomic E-state index is 9.01. The molecule has 3 rings (SSSR count). The first-order valence-corrected chi connectivity index (χ1v) is 15.1. The fourth-order valence-corrected chi connectivity index (χ4v) is 3.90. The van der Waals surface area contributed by atoms with Crippen LogP contribution in [0.4, 0.5) is 0 Å². The minimum Gasteiger partial charge on any atom is -0.508 e. The Morgan fingerprint density at radius 2 is 0.900 bits per heavy atom. The molecule has 0 bridgehead atoms. The summed E-state index contributed by atoms with van der Waals surface area (Å²) in [5.74, 6) is 4.03. The van der Waals surface area contributed by atoms with Gasteiger partial charge in [0.2, 0.25) is 0 Å². The van der Waals surface area contributed by atoms with Gasteiger partial charge in [0, 0.05) is 6.61 Å². The molecule has 3 aromatic carbocycles. The molecule has 0 fully saturated rings. The Bertz CT molecular complexity index is 1010. The number of hydrogen-bond donors (Lipinski definition) is 1. The highest BCUT2D eigenvalue weighted by Gasteiger charge is 2.06. The lowest BCUT2D eigenvalue weighted by Crippen LogP contribution is -2.15. The van der Waals surface area contributed by atoms with Crippen LogP contribution in [0.3, 0.4) is 0 Å². The number of benzene rings is 3. The Hall–Kier alpha value is -2.98. The zero-order valence-electron chi connectivity index (χ0n) is 26.4. The van der Waals surface area contributed by atoms with Crippen LogP contribution in [-0.4, -0.2) is 24.6 Å². The molecule has 0 aliphatic carbocycles. The van der Waals surface area contributed by atoms with Gasteiger partial charge in [-0.3, -0.25) is 0 Å². The predicted molar refractivity (Wildman–Crippen MR) is 170 cm³/mol. The third-order valence-electron chi connectivity index (χ3n) is 7.21. The van der Waals surface area contributed by atoms with Crippen molar-refractivity contribution in [1.82, 2.24) is 0 Å². The fourth-order valence-electron chi connectivity index (χ4n) is 3.90. The lowest BCUT2D eigenvalue weighted by Gasteiger charge is -2.15. The van der Waals surface area contributed by atoms with Gasteiger partial charge in [0.1, 0.15) is 17.2 Å². The molecule has 0 spiro atoms. The van der Waals surface area contributed by atoms with E-state index in [9.17, 15) is 0 Å². The molecule has 40 heavy (non-hydrogen) atoms. The fraction of sp³-hybridized carbons (Fsp3) is 0.500. The summed E-state index contributed by atoms with van der Waals surface area (Å²) in [4.78, 5) is 0. The standard InChI is InChI=1S/C14H22O2.C12H18O.C10H14O/c1-5-11(3)13-7-9-14(10-8-13)16-12(4)15-6-2;1-4-10(3)11-6-8-12(9-7-11)13-5-2;1-3-8(2)9-4-6-10(11)7-5-9/h7-12H,5-6H2,1-4H3;6-10H,4-5H2,1-3H3;4-8,11H,3H2,1-2H3. The molecule has 4 atom stereocenters. The van der Waals surface area contributed by atoms with Gasteiger partial charge in [0.15, 0.2) is 6.29 Å². The Morgan fingerprint density at radius 1 is 0.525 bits per heavy atom. The number of hydrogen-bond acceptors (Lipinski definition) is 4. The van der Waals surface area contributed by atoms with Crippen LogP contribution in [0.5, 0.6) is 17.2 Å².